The zero-order chi connectivity index (χ0) is 14.2. The second kappa shape index (κ2) is 4.69. The fraction of sp³-hybridized carbons (Fsp3) is 0.167. The number of aliphatic hydroxyl groups is 1. The molecule has 0 radical (unpaired) electrons. The van der Waals surface area contributed by atoms with Crippen molar-refractivity contribution in [3.8, 4) is 5.75 Å². The predicted octanol–water partition coefficient (Wildman–Crippen LogP) is 0.909. The molecule has 0 aliphatic heterocycles. The molecule has 0 atom stereocenters. The molecule has 0 bridgehead atoms. The number of nitrogens with two attached hydrogens (primary N) is 1. The molecule has 6 nitrogen and oxygen atoms in total. The third-order valence-electron chi connectivity index (χ3n) is 2.88. The van der Waals surface area contributed by atoms with Gasteiger partial charge in [-0.2, -0.15) is 8.42 Å². The van der Waals surface area contributed by atoms with Crippen molar-refractivity contribution in [2.75, 3.05) is 12.3 Å². The minimum Gasteiger partial charge on any atom is -0.507 e. The van der Waals surface area contributed by atoms with Crippen LogP contribution in [0.2, 0.25) is 0 Å². The number of benzene rings is 2. The lowest BCUT2D eigenvalue weighted by atomic mass is 10.0. The number of hydrogen-bond donors (Lipinski definition) is 4. The van der Waals surface area contributed by atoms with Gasteiger partial charge in [-0.25, -0.2) is 0 Å². The van der Waals surface area contributed by atoms with Gasteiger partial charge in [0.05, 0.1) is 4.90 Å². The molecule has 2 aromatic rings. The van der Waals surface area contributed by atoms with E-state index in [-0.39, 0.29) is 18.0 Å². The molecule has 0 aromatic heterocycles. The monoisotopic (exact) mass is 283 g/mol. The second-order valence-corrected chi connectivity index (χ2v) is 5.55. The minimum atomic E-state index is -4.39. The minimum absolute atomic E-state index is 0.0838. The fourth-order valence-corrected chi connectivity index (χ4v) is 2.51. The Morgan fingerprint density at radius 2 is 1.89 bits per heavy atom. The van der Waals surface area contributed by atoms with E-state index in [0.29, 0.717) is 22.8 Å². The van der Waals surface area contributed by atoms with Crippen LogP contribution in [0.15, 0.2) is 29.2 Å². The van der Waals surface area contributed by atoms with Gasteiger partial charge >= 0.3 is 0 Å². The van der Waals surface area contributed by atoms with Crippen LogP contribution in [-0.4, -0.2) is 29.8 Å². The van der Waals surface area contributed by atoms with E-state index in [0.717, 1.165) is 6.07 Å². The van der Waals surface area contributed by atoms with Gasteiger partial charge in [-0.3, -0.25) is 4.55 Å². The smallest absolute Gasteiger partial charge is 0.294 e. The molecule has 2 aromatic carbocycles. The summed E-state index contributed by atoms with van der Waals surface area (Å²) in [5, 5.41) is 19.5. The topological polar surface area (TPSA) is 121 Å². The molecule has 102 valence electrons. The Balaban J connectivity index is 2.77. The maximum atomic E-state index is 11.1. The lowest BCUT2D eigenvalue weighted by Crippen LogP contribution is -2.01. The third kappa shape index (κ3) is 2.48. The van der Waals surface area contributed by atoms with Crippen molar-refractivity contribution in [1.29, 1.82) is 0 Å². The zero-order valence-corrected chi connectivity index (χ0v) is 10.7. The first-order valence-corrected chi connectivity index (χ1v) is 6.91. The number of aromatic hydroxyl groups is 1. The van der Waals surface area contributed by atoms with Crippen molar-refractivity contribution in [3.05, 3.63) is 29.8 Å². The van der Waals surface area contributed by atoms with Crippen LogP contribution in [0.1, 0.15) is 5.56 Å². The molecule has 0 saturated heterocycles. The first kappa shape index (κ1) is 13.6. The Hall–Kier alpha value is -1.83. The van der Waals surface area contributed by atoms with Gasteiger partial charge < -0.3 is 15.9 Å². The van der Waals surface area contributed by atoms with Crippen LogP contribution in [0.25, 0.3) is 10.8 Å². The van der Waals surface area contributed by atoms with Gasteiger partial charge in [0.25, 0.3) is 10.1 Å². The van der Waals surface area contributed by atoms with Crippen molar-refractivity contribution in [2.45, 2.75) is 11.3 Å². The third-order valence-corrected chi connectivity index (χ3v) is 3.71. The van der Waals surface area contributed by atoms with Crippen LogP contribution in [0.4, 0.5) is 5.69 Å². The SMILES string of the molecule is Nc1c(CCO)ccc2cc(S(=O)(=O)O)cc(O)c12. The standard InChI is InChI=1S/C12H13NO5S/c13-12-7(3-4-14)1-2-8-5-9(19(16,17)18)6-10(15)11(8)12/h1-2,5-6,14-15H,3-4,13H2,(H,16,17,18). The van der Waals surface area contributed by atoms with Crippen LogP contribution in [0.5, 0.6) is 5.75 Å². The Labute approximate surface area is 109 Å². The predicted molar refractivity (Wildman–Crippen MR) is 70.6 cm³/mol. The summed E-state index contributed by atoms with van der Waals surface area (Å²) in [6.45, 7) is -0.0838. The second-order valence-electron chi connectivity index (χ2n) is 4.13. The molecule has 7 heteroatoms. The molecule has 0 fully saturated rings. The molecular weight excluding hydrogens is 270 g/mol. The summed E-state index contributed by atoms with van der Waals surface area (Å²) in [6.07, 6.45) is 0.335. The number of hydrogen-bond acceptors (Lipinski definition) is 5. The van der Waals surface area contributed by atoms with E-state index in [4.69, 9.17) is 15.4 Å². The van der Waals surface area contributed by atoms with Gasteiger partial charge in [0.2, 0.25) is 0 Å². The summed E-state index contributed by atoms with van der Waals surface area (Å²) in [7, 11) is -4.39. The van der Waals surface area contributed by atoms with Gasteiger partial charge in [0.1, 0.15) is 5.75 Å². The lowest BCUT2D eigenvalue weighted by Gasteiger charge is -2.11. The van der Waals surface area contributed by atoms with Crippen molar-refractivity contribution in [2.24, 2.45) is 0 Å². The van der Waals surface area contributed by atoms with Crippen molar-refractivity contribution >= 4 is 26.6 Å². The summed E-state index contributed by atoms with van der Waals surface area (Å²) in [5.74, 6) is -0.331. The van der Waals surface area contributed by atoms with Crippen LogP contribution in [0, 0.1) is 0 Å². The number of fused-ring (bicyclic) bond motifs is 1. The Kier molecular flexibility index (Phi) is 3.36. The average molecular weight is 283 g/mol. The highest BCUT2D eigenvalue weighted by Gasteiger charge is 2.15. The quantitative estimate of drug-likeness (QED) is 0.491. The summed E-state index contributed by atoms with van der Waals surface area (Å²) < 4.78 is 31.1. The van der Waals surface area contributed by atoms with Crippen LogP contribution in [0.3, 0.4) is 0 Å². The molecule has 0 saturated carbocycles. The zero-order valence-electron chi connectivity index (χ0n) is 9.87. The van der Waals surface area contributed by atoms with Crippen LogP contribution < -0.4 is 5.73 Å². The lowest BCUT2D eigenvalue weighted by molar-refractivity contribution is 0.300. The summed E-state index contributed by atoms with van der Waals surface area (Å²) in [4.78, 5) is -0.396. The number of anilines is 1. The number of phenols is 1. The number of rotatable bonds is 3. The van der Waals surface area contributed by atoms with Gasteiger partial charge in [0.15, 0.2) is 0 Å². The fourth-order valence-electron chi connectivity index (χ4n) is 1.97. The van der Waals surface area contributed by atoms with Crippen molar-refractivity contribution in [1.82, 2.24) is 0 Å². The summed E-state index contributed by atoms with van der Waals surface area (Å²) >= 11 is 0. The van der Waals surface area contributed by atoms with E-state index >= 15 is 0 Å². The van der Waals surface area contributed by atoms with Gasteiger partial charge in [0, 0.05) is 23.7 Å². The molecule has 0 heterocycles. The van der Waals surface area contributed by atoms with E-state index in [1.165, 1.54) is 6.07 Å². The molecule has 0 spiro atoms. The maximum Gasteiger partial charge on any atom is 0.294 e. The molecule has 5 N–H and O–H groups in total. The first-order chi connectivity index (χ1) is 8.84. The Morgan fingerprint density at radius 3 is 2.47 bits per heavy atom. The first-order valence-electron chi connectivity index (χ1n) is 5.47. The molecule has 19 heavy (non-hydrogen) atoms. The highest BCUT2D eigenvalue weighted by molar-refractivity contribution is 7.85. The average Bonchev–Trinajstić information content (AvgIpc) is 2.31. The molecule has 0 aliphatic rings. The normalized spacial score (nSPS) is 11.9. The van der Waals surface area contributed by atoms with E-state index in [2.05, 4.69) is 0 Å². The van der Waals surface area contributed by atoms with Gasteiger partial charge in [-0.15, -0.1) is 0 Å². The molecule has 0 amide bonds. The van der Waals surface area contributed by atoms with Crippen LogP contribution in [-0.2, 0) is 16.5 Å². The van der Waals surface area contributed by atoms with Crippen LogP contribution >= 0.6 is 0 Å². The van der Waals surface area contributed by atoms with E-state index in [1.807, 2.05) is 0 Å². The van der Waals surface area contributed by atoms with E-state index < -0.39 is 15.0 Å². The highest BCUT2D eigenvalue weighted by Crippen LogP contribution is 2.34. The molecule has 2 rings (SSSR count). The van der Waals surface area contributed by atoms with E-state index in [9.17, 15) is 13.5 Å². The highest BCUT2D eigenvalue weighted by atomic mass is 32.2. The largest absolute Gasteiger partial charge is 0.507 e. The Morgan fingerprint density at radius 1 is 1.21 bits per heavy atom. The maximum absolute atomic E-state index is 11.1. The molecule has 0 unspecified atom stereocenters. The molecule has 0 aliphatic carbocycles. The molecular formula is C12H13NO5S. The van der Waals surface area contributed by atoms with Crippen molar-refractivity contribution < 1.29 is 23.2 Å². The van der Waals surface area contributed by atoms with Crippen molar-refractivity contribution in [3.63, 3.8) is 0 Å². The van der Waals surface area contributed by atoms with Gasteiger partial charge in [-0.1, -0.05) is 12.1 Å². The van der Waals surface area contributed by atoms with E-state index in [1.54, 1.807) is 12.1 Å². The Bertz CT molecular complexity index is 739. The number of phenolic OH excluding ortho intramolecular Hbond substituents is 1. The number of aliphatic hydroxyl groups excluding tert-OH is 1. The van der Waals surface area contributed by atoms with Gasteiger partial charge in [-0.05, 0) is 23.4 Å². The summed E-state index contributed by atoms with van der Waals surface area (Å²) in [5.41, 5.74) is 6.82. The summed E-state index contributed by atoms with van der Waals surface area (Å²) in [6, 6.07) is 5.38. The number of nitrogen functional groups attached to an aromatic ring is 1.